The van der Waals surface area contributed by atoms with Crippen LogP contribution in [0, 0.1) is 5.82 Å². The third kappa shape index (κ3) is 3.27. The van der Waals surface area contributed by atoms with E-state index in [1.54, 1.807) is 6.07 Å². The van der Waals surface area contributed by atoms with Crippen LogP contribution in [-0.4, -0.2) is 13.4 Å². The van der Waals surface area contributed by atoms with E-state index < -0.39 is 10.0 Å². The number of pyridine rings is 1. The van der Waals surface area contributed by atoms with Gasteiger partial charge in [-0.25, -0.2) is 22.5 Å². The highest BCUT2D eigenvalue weighted by molar-refractivity contribution is 7.89. The maximum absolute atomic E-state index is 12.7. The molecule has 0 amide bonds. The Morgan fingerprint density at radius 2 is 1.89 bits per heavy atom. The minimum Gasteiger partial charge on any atom is -0.396 e. The zero-order valence-corrected chi connectivity index (χ0v) is 10.7. The Bertz CT molecular complexity index is 672. The Hall–Kier alpha value is -1.99. The molecule has 1 aromatic heterocycles. The second-order valence-electron chi connectivity index (χ2n) is 3.85. The maximum atomic E-state index is 12.7. The Balaban J connectivity index is 2.14. The van der Waals surface area contributed by atoms with Crippen molar-refractivity contribution in [2.45, 2.75) is 11.6 Å². The van der Waals surface area contributed by atoms with Gasteiger partial charge in [-0.05, 0) is 29.8 Å². The maximum Gasteiger partial charge on any atom is 0.260 e. The summed E-state index contributed by atoms with van der Waals surface area (Å²) in [7, 11) is -3.78. The number of nitrogen functional groups attached to an aromatic ring is 1. The molecule has 3 N–H and O–H groups in total. The summed E-state index contributed by atoms with van der Waals surface area (Å²) in [4.78, 5) is 3.74. The lowest BCUT2D eigenvalue weighted by molar-refractivity contribution is 0.578. The van der Waals surface area contributed by atoms with Crippen LogP contribution < -0.4 is 10.5 Å². The van der Waals surface area contributed by atoms with E-state index in [1.807, 2.05) is 0 Å². The number of nitrogens with two attached hydrogens (primary N) is 1. The number of hydrogen-bond donors (Lipinski definition) is 2. The van der Waals surface area contributed by atoms with Crippen molar-refractivity contribution in [3.8, 4) is 0 Å². The fraction of sp³-hybridized carbons (Fsp3) is 0.0833. The number of halogens is 1. The van der Waals surface area contributed by atoms with E-state index in [1.165, 1.54) is 36.5 Å². The van der Waals surface area contributed by atoms with Crippen LogP contribution in [0.4, 0.5) is 10.1 Å². The minimum atomic E-state index is -3.78. The lowest BCUT2D eigenvalue weighted by atomic mass is 10.2. The molecule has 0 radical (unpaired) electrons. The average molecular weight is 281 g/mol. The second kappa shape index (κ2) is 5.33. The van der Waals surface area contributed by atoms with Crippen molar-refractivity contribution in [1.82, 2.24) is 9.71 Å². The number of nitrogens with zero attached hydrogens (tertiary/aromatic N) is 1. The van der Waals surface area contributed by atoms with Crippen molar-refractivity contribution >= 4 is 15.7 Å². The molecule has 0 atom stereocenters. The molecule has 2 rings (SSSR count). The van der Waals surface area contributed by atoms with Gasteiger partial charge in [0, 0.05) is 12.7 Å². The summed E-state index contributed by atoms with van der Waals surface area (Å²) in [6.07, 6.45) is 1.35. The van der Waals surface area contributed by atoms with Crippen molar-refractivity contribution in [2.75, 3.05) is 5.73 Å². The molecule has 0 aliphatic heterocycles. The molecule has 19 heavy (non-hydrogen) atoms. The van der Waals surface area contributed by atoms with Crippen LogP contribution in [0.5, 0.6) is 0 Å². The Morgan fingerprint density at radius 1 is 1.21 bits per heavy atom. The molecule has 0 spiro atoms. The van der Waals surface area contributed by atoms with E-state index in [9.17, 15) is 12.8 Å². The monoisotopic (exact) mass is 281 g/mol. The smallest absolute Gasteiger partial charge is 0.260 e. The van der Waals surface area contributed by atoms with Gasteiger partial charge in [-0.15, -0.1) is 0 Å². The van der Waals surface area contributed by atoms with Crippen LogP contribution >= 0.6 is 0 Å². The number of hydrogen-bond acceptors (Lipinski definition) is 4. The highest BCUT2D eigenvalue weighted by Crippen LogP contribution is 2.14. The molecule has 7 heteroatoms. The van der Waals surface area contributed by atoms with Crippen molar-refractivity contribution in [1.29, 1.82) is 0 Å². The Kier molecular flexibility index (Phi) is 3.77. The molecule has 0 unspecified atom stereocenters. The average Bonchev–Trinajstić information content (AvgIpc) is 2.38. The lowest BCUT2D eigenvalue weighted by Gasteiger charge is -2.07. The van der Waals surface area contributed by atoms with Crippen LogP contribution in [0.25, 0.3) is 0 Å². The van der Waals surface area contributed by atoms with Crippen LogP contribution in [0.1, 0.15) is 5.56 Å². The quantitative estimate of drug-likeness (QED) is 0.884. The number of sulfonamides is 1. The molecule has 100 valence electrons. The van der Waals surface area contributed by atoms with Crippen molar-refractivity contribution < 1.29 is 12.8 Å². The first-order chi connectivity index (χ1) is 8.99. The first-order valence-electron chi connectivity index (χ1n) is 5.43. The number of nitrogens with one attached hydrogen (secondary N) is 1. The molecule has 0 bridgehead atoms. The standard InChI is InChI=1S/C12H12FN3O2S/c13-10-5-3-9(4-6-10)8-16-19(17,18)12-11(14)2-1-7-15-12/h1-7,16H,8,14H2. The van der Waals surface area contributed by atoms with E-state index in [2.05, 4.69) is 9.71 Å². The van der Waals surface area contributed by atoms with Crippen molar-refractivity contribution in [2.24, 2.45) is 0 Å². The summed E-state index contributed by atoms with van der Waals surface area (Å²) < 4.78 is 39.0. The van der Waals surface area contributed by atoms with Crippen molar-refractivity contribution in [3.63, 3.8) is 0 Å². The molecule has 1 heterocycles. The summed E-state index contributed by atoms with van der Waals surface area (Å²) in [5, 5.41) is -0.211. The first-order valence-corrected chi connectivity index (χ1v) is 6.92. The van der Waals surface area contributed by atoms with Crippen molar-refractivity contribution in [3.05, 3.63) is 54.0 Å². The SMILES string of the molecule is Nc1cccnc1S(=O)(=O)NCc1ccc(F)cc1. The normalized spacial score (nSPS) is 11.4. The number of rotatable bonds is 4. The first kappa shape index (κ1) is 13.4. The van der Waals surface area contributed by atoms with Gasteiger partial charge in [0.1, 0.15) is 5.82 Å². The van der Waals surface area contributed by atoms with Crippen LogP contribution in [0.2, 0.25) is 0 Å². The van der Waals surface area contributed by atoms with Gasteiger partial charge in [-0.1, -0.05) is 12.1 Å². The van der Waals surface area contributed by atoms with E-state index in [0.29, 0.717) is 5.56 Å². The van der Waals surface area contributed by atoms with Crippen LogP contribution in [0.3, 0.4) is 0 Å². The molecule has 0 fully saturated rings. The van der Waals surface area contributed by atoms with Gasteiger partial charge in [0.15, 0.2) is 5.03 Å². The highest BCUT2D eigenvalue weighted by atomic mass is 32.2. The van der Waals surface area contributed by atoms with Crippen LogP contribution in [-0.2, 0) is 16.6 Å². The minimum absolute atomic E-state index is 0.0403. The Morgan fingerprint density at radius 3 is 2.53 bits per heavy atom. The molecule has 2 aromatic rings. The largest absolute Gasteiger partial charge is 0.396 e. The highest BCUT2D eigenvalue weighted by Gasteiger charge is 2.18. The van der Waals surface area contributed by atoms with E-state index in [0.717, 1.165) is 0 Å². The van der Waals surface area contributed by atoms with E-state index >= 15 is 0 Å². The predicted octanol–water partition coefficient (Wildman–Crippen LogP) is 1.28. The van der Waals surface area contributed by atoms with Gasteiger partial charge >= 0.3 is 0 Å². The molecule has 0 saturated heterocycles. The second-order valence-corrected chi connectivity index (χ2v) is 5.53. The van der Waals surface area contributed by atoms with Gasteiger partial charge in [0.05, 0.1) is 5.69 Å². The summed E-state index contributed by atoms with van der Waals surface area (Å²) in [6.45, 7) is 0.0403. The predicted molar refractivity (Wildman–Crippen MR) is 69.1 cm³/mol. The van der Waals surface area contributed by atoms with Gasteiger partial charge in [-0.3, -0.25) is 0 Å². The van der Waals surface area contributed by atoms with E-state index in [4.69, 9.17) is 5.73 Å². The molecule has 1 aromatic carbocycles. The third-order valence-electron chi connectivity index (χ3n) is 2.43. The van der Waals surface area contributed by atoms with Gasteiger partial charge in [-0.2, -0.15) is 0 Å². The third-order valence-corrected chi connectivity index (χ3v) is 3.81. The number of anilines is 1. The molecular formula is C12H12FN3O2S. The van der Waals surface area contributed by atoms with Crippen LogP contribution in [0.15, 0.2) is 47.6 Å². The Labute approximate surface area is 110 Å². The summed E-state index contributed by atoms with van der Waals surface area (Å²) >= 11 is 0. The molecular weight excluding hydrogens is 269 g/mol. The summed E-state index contributed by atoms with van der Waals surface area (Å²) in [5.41, 5.74) is 6.28. The zero-order chi connectivity index (χ0) is 13.9. The molecule has 0 aliphatic carbocycles. The lowest BCUT2D eigenvalue weighted by Crippen LogP contribution is -2.25. The molecule has 0 aliphatic rings. The number of aromatic nitrogens is 1. The van der Waals surface area contributed by atoms with Gasteiger partial charge in [0.2, 0.25) is 0 Å². The van der Waals surface area contributed by atoms with Gasteiger partial charge in [0.25, 0.3) is 10.0 Å². The topological polar surface area (TPSA) is 85.1 Å². The van der Waals surface area contributed by atoms with E-state index in [-0.39, 0.29) is 23.1 Å². The summed E-state index contributed by atoms with van der Waals surface area (Å²) in [5.74, 6) is -0.374. The fourth-order valence-electron chi connectivity index (χ4n) is 1.48. The fourth-order valence-corrected chi connectivity index (χ4v) is 2.55. The molecule has 5 nitrogen and oxygen atoms in total. The molecule has 0 saturated carbocycles. The number of benzene rings is 1. The zero-order valence-electron chi connectivity index (χ0n) is 9.88. The summed E-state index contributed by atoms with van der Waals surface area (Å²) in [6, 6.07) is 8.53. The van der Waals surface area contributed by atoms with Gasteiger partial charge < -0.3 is 5.73 Å².